The fourth-order valence-electron chi connectivity index (χ4n) is 1.19. The molecule has 1 atom stereocenters. The van der Waals surface area contributed by atoms with Gasteiger partial charge in [0, 0.05) is 19.1 Å². The molecule has 0 aliphatic carbocycles. The summed E-state index contributed by atoms with van der Waals surface area (Å²) in [4.78, 5) is 6.52. The molecule has 13 heavy (non-hydrogen) atoms. The summed E-state index contributed by atoms with van der Waals surface area (Å²) in [6, 6.07) is 0.482. The van der Waals surface area contributed by atoms with Crippen molar-refractivity contribution in [2.75, 3.05) is 26.2 Å². The van der Waals surface area contributed by atoms with E-state index in [0.717, 1.165) is 26.2 Å². The Balaban J connectivity index is 3.59. The van der Waals surface area contributed by atoms with Crippen LogP contribution in [0.4, 0.5) is 0 Å². The third-order valence-corrected chi connectivity index (χ3v) is 2.06. The normalized spacial score (nSPS) is 13.9. The largest absolute Gasteiger partial charge is 0.373 e. The highest BCUT2D eigenvalue weighted by molar-refractivity contribution is 5.54. The molecule has 3 nitrogen and oxygen atoms in total. The van der Waals surface area contributed by atoms with Gasteiger partial charge in [-0.2, -0.15) is 0 Å². The fraction of sp³-hybridized carbons (Fsp3) is 0.900. The molecule has 0 heterocycles. The van der Waals surface area contributed by atoms with Gasteiger partial charge in [-0.1, -0.05) is 13.8 Å². The zero-order valence-electron chi connectivity index (χ0n) is 9.38. The molecule has 0 amide bonds. The van der Waals surface area contributed by atoms with Gasteiger partial charge in [-0.25, -0.2) is 0 Å². The van der Waals surface area contributed by atoms with Crippen molar-refractivity contribution in [1.82, 2.24) is 10.2 Å². The van der Waals surface area contributed by atoms with Crippen molar-refractivity contribution < 1.29 is 0 Å². The van der Waals surface area contributed by atoms with Crippen molar-refractivity contribution in [3.8, 4) is 0 Å². The van der Waals surface area contributed by atoms with E-state index in [1.54, 1.807) is 0 Å². The van der Waals surface area contributed by atoms with Crippen LogP contribution < -0.4 is 5.32 Å². The standard InChI is InChI=1S/C10H23N3/c1-5-11-9-12-10(4)8-13(6-2)7-3/h9-10H,5-8H2,1-4H3,(H,11,12). The van der Waals surface area contributed by atoms with Gasteiger partial charge in [0.05, 0.1) is 6.34 Å². The maximum atomic E-state index is 4.12. The van der Waals surface area contributed by atoms with Gasteiger partial charge in [-0.3, -0.25) is 4.99 Å². The summed E-state index contributed by atoms with van der Waals surface area (Å²) >= 11 is 0. The number of nitrogens with zero attached hydrogens (tertiary/aromatic N) is 2. The lowest BCUT2D eigenvalue weighted by molar-refractivity contribution is 0.282. The summed E-state index contributed by atoms with van der Waals surface area (Å²) in [7, 11) is 0. The molecule has 0 aliphatic rings. The summed E-state index contributed by atoms with van der Waals surface area (Å²) in [5, 5.41) is 3.25. The van der Waals surface area contributed by atoms with Crippen LogP contribution in [0.25, 0.3) is 0 Å². The molecule has 0 aromatic carbocycles. The van der Waals surface area contributed by atoms with Crippen LogP contribution in [0.15, 0.2) is 4.99 Å². The maximum Gasteiger partial charge on any atom is 0.0826 e. The van der Waals surface area contributed by atoms with Gasteiger partial charge >= 0.3 is 0 Å². The number of aliphatic imine (C=N–C) groups is 1. The Bertz CT molecular complexity index is 130. The Morgan fingerprint density at radius 3 is 2.38 bits per heavy atom. The number of likely N-dealkylation sites (N-methyl/N-ethyl adjacent to an activating group) is 1. The van der Waals surface area contributed by atoms with Gasteiger partial charge < -0.3 is 10.2 Å². The third-order valence-electron chi connectivity index (χ3n) is 2.06. The quantitative estimate of drug-likeness (QED) is 0.479. The van der Waals surface area contributed by atoms with E-state index in [-0.39, 0.29) is 0 Å². The average Bonchev–Trinajstić information content (AvgIpc) is 2.14. The molecule has 0 aromatic rings. The highest BCUT2D eigenvalue weighted by Crippen LogP contribution is 1.90. The predicted octanol–water partition coefficient (Wildman–Crippen LogP) is 1.35. The van der Waals surface area contributed by atoms with Crippen LogP contribution in [0.3, 0.4) is 0 Å². The second kappa shape index (κ2) is 8.05. The topological polar surface area (TPSA) is 27.6 Å². The monoisotopic (exact) mass is 185 g/mol. The van der Waals surface area contributed by atoms with Crippen LogP contribution in [0, 0.1) is 0 Å². The van der Waals surface area contributed by atoms with Crippen LogP contribution in [0.5, 0.6) is 0 Å². The Morgan fingerprint density at radius 2 is 1.92 bits per heavy atom. The summed E-state index contributed by atoms with van der Waals surface area (Å²) in [6.07, 6.45) is 1.81. The van der Waals surface area contributed by atoms with E-state index in [0.29, 0.717) is 6.04 Å². The van der Waals surface area contributed by atoms with E-state index in [1.807, 2.05) is 13.3 Å². The van der Waals surface area contributed by atoms with Gasteiger partial charge in [-0.05, 0) is 26.9 Å². The van der Waals surface area contributed by atoms with Crippen LogP contribution in [-0.2, 0) is 0 Å². The molecule has 0 fully saturated rings. The van der Waals surface area contributed by atoms with E-state index in [4.69, 9.17) is 0 Å². The molecule has 0 rings (SSSR count). The van der Waals surface area contributed by atoms with Gasteiger partial charge in [0.25, 0.3) is 0 Å². The Hall–Kier alpha value is -0.570. The van der Waals surface area contributed by atoms with Crippen molar-refractivity contribution in [3.05, 3.63) is 0 Å². The molecule has 0 bridgehead atoms. The summed E-state index contributed by atoms with van der Waals surface area (Å²) in [5.41, 5.74) is 0. The number of rotatable bonds is 7. The van der Waals surface area contributed by atoms with Gasteiger partial charge in [-0.15, -0.1) is 0 Å². The number of nitrogens with one attached hydrogen (secondary N) is 1. The highest BCUT2D eigenvalue weighted by atomic mass is 15.1. The van der Waals surface area contributed by atoms with Crippen molar-refractivity contribution in [2.45, 2.75) is 33.7 Å². The second-order valence-electron chi connectivity index (χ2n) is 3.18. The summed E-state index contributed by atoms with van der Waals surface area (Å²) < 4.78 is 0. The zero-order valence-corrected chi connectivity index (χ0v) is 9.38. The first kappa shape index (κ1) is 12.4. The van der Waals surface area contributed by atoms with Crippen molar-refractivity contribution in [2.24, 2.45) is 4.99 Å². The molecule has 1 N–H and O–H groups in total. The van der Waals surface area contributed by atoms with E-state index in [9.17, 15) is 0 Å². The van der Waals surface area contributed by atoms with Crippen LogP contribution in [0.2, 0.25) is 0 Å². The molecule has 3 heteroatoms. The maximum absolute atomic E-state index is 4.12. The second-order valence-corrected chi connectivity index (χ2v) is 3.18. The summed E-state index contributed by atoms with van der Waals surface area (Å²) in [6.45, 7) is 12.8. The van der Waals surface area contributed by atoms with Crippen molar-refractivity contribution >= 4 is 6.34 Å². The molecule has 0 radical (unpaired) electrons. The molecular formula is C10H23N3. The lowest BCUT2D eigenvalue weighted by Gasteiger charge is -2.22. The molecule has 1 unspecified atom stereocenters. The van der Waals surface area contributed by atoms with Crippen LogP contribution in [0.1, 0.15) is 27.7 Å². The molecule has 0 saturated carbocycles. The Labute approximate surface area is 82.2 Å². The highest BCUT2D eigenvalue weighted by Gasteiger charge is 2.03. The van der Waals surface area contributed by atoms with Crippen molar-refractivity contribution in [3.63, 3.8) is 0 Å². The van der Waals surface area contributed by atoms with Crippen molar-refractivity contribution in [1.29, 1.82) is 0 Å². The first-order valence-electron chi connectivity index (χ1n) is 5.21. The minimum absolute atomic E-state index is 0.482. The number of hydrogen-bond donors (Lipinski definition) is 1. The number of hydrogen-bond acceptors (Lipinski definition) is 2. The summed E-state index contributed by atoms with van der Waals surface area (Å²) in [5.74, 6) is 0. The molecular weight excluding hydrogens is 162 g/mol. The third kappa shape index (κ3) is 6.58. The van der Waals surface area contributed by atoms with E-state index in [1.165, 1.54) is 0 Å². The fourth-order valence-corrected chi connectivity index (χ4v) is 1.19. The van der Waals surface area contributed by atoms with E-state index >= 15 is 0 Å². The molecule has 78 valence electrons. The minimum Gasteiger partial charge on any atom is -0.373 e. The molecule has 0 aliphatic heterocycles. The van der Waals surface area contributed by atoms with Gasteiger partial charge in [0.15, 0.2) is 0 Å². The predicted molar refractivity (Wildman–Crippen MR) is 59.4 cm³/mol. The SMILES string of the molecule is CCN=CNC(C)CN(CC)CC. The molecule has 0 saturated heterocycles. The van der Waals surface area contributed by atoms with Gasteiger partial charge in [0.2, 0.25) is 0 Å². The lowest BCUT2D eigenvalue weighted by atomic mass is 10.3. The minimum atomic E-state index is 0.482. The smallest absolute Gasteiger partial charge is 0.0826 e. The zero-order chi connectivity index (χ0) is 10.1. The van der Waals surface area contributed by atoms with E-state index < -0.39 is 0 Å². The molecule has 0 spiro atoms. The first-order chi connectivity index (χ1) is 6.24. The Kier molecular flexibility index (Phi) is 7.69. The first-order valence-corrected chi connectivity index (χ1v) is 5.21. The van der Waals surface area contributed by atoms with Crippen LogP contribution in [-0.4, -0.2) is 43.5 Å². The van der Waals surface area contributed by atoms with Crippen LogP contribution >= 0.6 is 0 Å². The van der Waals surface area contributed by atoms with E-state index in [2.05, 4.69) is 36.0 Å². The molecule has 0 aromatic heterocycles. The Morgan fingerprint density at radius 1 is 1.31 bits per heavy atom. The van der Waals surface area contributed by atoms with Gasteiger partial charge in [0.1, 0.15) is 0 Å². The average molecular weight is 185 g/mol. The lowest BCUT2D eigenvalue weighted by Crippen LogP contribution is -2.38.